The summed E-state index contributed by atoms with van der Waals surface area (Å²) >= 11 is 0. The second-order valence-electron chi connectivity index (χ2n) is 4.27. The van der Waals surface area contributed by atoms with E-state index in [1.807, 2.05) is 6.92 Å². The van der Waals surface area contributed by atoms with E-state index in [0.717, 1.165) is 19.4 Å². The van der Waals surface area contributed by atoms with Gasteiger partial charge in [0.05, 0.1) is 6.10 Å². The minimum Gasteiger partial charge on any atom is -0.378 e. The molecule has 96 valence electrons. The molecular formula is C12H26N2O2. The van der Waals surface area contributed by atoms with Gasteiger partial charge in [-0.15, -0.1) is 0 Å². The Kier molecular flexibility index (Phi) is 9.24. The molecule has 1 unspecified atom stereocenters. The van der Waals surface area contributed by atoms with Crippen LogP contribution in [0.1, 0.15) is 40.0 Å². The fourth-order valence-corrected chi connectivity index (χ4v) is 1.53. The molecule has 0 spiro atoms. The molecule has 4 nitrogen and oxygen atoms in total. The van der Waals surface area contributed by atoms with Crippen molar-refractivity contribution in [2.75, 3.05) is 19.7 Å². The topological polar surface area (TPSA) is 64.3 Å². The van der Waals surface area contributed by atoms with Crippen LogP contribution >= 0.6 is 0 Å². The normalized spacial score (nSPS) is 12.8. The standard InChI is InChI=1S/C12H26N2O2/c1-4-16-11(10(2)3)7-9-14-12(15)6-5-8-13/h10-11H,4-9,13H2,1-3H3,(H,14,15). The molecule has 0 radical (unpaired) electrons. The molecule has 3 N–H and O–H groups in total. The van der Waals surface area contributed by atoms with E-state index < -0.39 is 0 Å². The fraction of sp³-hybridized carbons (Fsp3) is 0.917. The molecule has 0 aliphatic carbocycles. The molecule has 0 saturated heterocycles. The van der Waals surface area contributed by atoms with Crippen LogP contribution in [-0.4, -0.2) is 31.7 Å². The van der Waals surface area contributed by atoms with Crippen molar-refractivity contribution in [1.29, 1.82) is 0 Å². The van der Waals surface area contributed by atoms with E-state index in [2.05, 4.69) is 19.2 Å². The van der Waals surface area contributed by atoms with E-state index in [9.17, 15) is 4.79 Å². The van der Waals surface area contributed by atoms with Gasteiger partial charge in [-0.05, 0) is 32.2 Å². The van der Waals surface area contributed by atoms with Crippen LogP contribution in [0, 0.1) is 5.92 Å². The summed E-state index contributed by atoms with van der Waals surface area (Å²) in [5.41, 5.74) is 5.33. The predicted octanol–water partition coefficient (Wildman–Crippen LogP) is 1.29. The SMILES string of the molecule is CCOC(CCNC(=O)CCCN)C(C)C. The first-order valence-electron chi connectivity index (χ1n) is 6.20. The zero-order valence-electron chi connectivity index (χ0n) is 10.8. The summed E-state index contributed by atoms with van der Waals surface area (Å²) in [5.74, 6) is 0.574. The number of nitrogens with one attached hydrogen (secondary N) is 1. The number of carbonyl (C=O) groups excluding carboxylic acids is 1. The van der Waals surface area contributed by atoms with Gasteiger partial charge in [-0.2, -0.15) is 0 Å². The summed E-state index contributed by atoms with van der Waals surface area (Å²) in [7, 11) is 0. The Labute approximate surface area is 98.9 Å². The van der Waals surface area contributed by atoms with Crippen molar-refractivity contribution >= 4 is 5.91 Å². The van der Waals surface area contributed by atoms with Gasteiger partial charge in [-0.1, -0.05) is 13.8 Å². The van der Waals surface area contributed by atoms with Crippen LogP contribution < -0.4 is 11.1 Å². The number of carbonyl (C=O) groups is 1. The summed E-state index contributed by atoms with van der Waals surface area (Å²) in [5, 5.41) is 2.89. The van der Waals surface area contributed by atoms with Crippen LogP contribution in [-0.2, 0) is 9.53 Å². The maximum absolute atomic E-state index is 11.3. The summed E-state index contributed by atoms with van der Waals surface area (Å²) in [6, 6.07) is 0. The highest BCUT2D eigenvalue weighted by molar-refractivity contribution is 5.75. The molecule has 0 fully saturated rings. The third-order valence-corrected chi connectivity index (χ3v) is 2.48. The number of ether oxygens (including phenoxy) is 1. The Hall–Kier alpha value is -0.610. The first-order chi connectivity index (χ1) is 7.61. The smallest absolute Gasteiger partial charge is 0.220 e. The van der Waals surface area contributed by atoms with Crippen LogP contribution in [0.15, 0.2) is 0 Å². The lowest BCUT2D eigenvalue weighted by Gasteiger charge is -2.20. The van der Waals surface area contributed by atoms with Gasteiger partial charge in [0, 0.05) is 19.6 Å². The maximum atomic E-state index is 11.3. The van der Waals surface area contributed by atoms with Gasteiger partial charge in [-0.3, -0.25) is 4.79 Å². The molecule has 0 aliphatic rings. The quantitative estimate of drug-likeness (QED) is 0.627. The molecular weight excluding hydrogens is 204 g/mol. The summed E-state index contributed by atoms with van der Waals surface area (Å²) in [6.45, 7) is 8.25. The van der Waals surface area contributed by atoms with Crippen molar-refractivity contribution in [2.45, 2.75) is 46.1 Å². The van der Waals surface area contributed by atoms with Gasteiger partial charge in [0.15, 0.2) is 0 Å². The number of rotatable bonds is 9. The second-order valence-corrected chi connectivity index (χ2v) is 4.27. The molecule has 0 aromatic rings. The first-order valence-corrected chi connectivity index (χ1v) is 6.20. The Bertz CT molecular complexity index is 184. The van der Waals surface area contributed by atoms with Crippen LogP contribution in [0.2, 0.25) is 0 Å². The Morgan fingerprint density at radius 1 is 1.44 bits per heavy atom. The van der Waals surface area contributed by atoms with E-state index in [0.29, 0.717) is 25.4 Å². The zero-order valence-corrected chi connectivity index (χ0v) is 10.8. The second kappa shape index (κ2) is 9.60. The lowest BCUT2D eigenvalue weighted by atomic mass is 10.0. The van der Waals surface area contributed by atoms with Gasteiger partial charge in [0.25, 0.3) is 0 Å². The Morgan fingerprint density at radius 3 is 2.62 bits per heavy atom. The maximum Gasteiger partial charge on any atom is 0.220 e. The molecule has 4 heteroatoms. The summed E-state index contributed by atoms with van der Waals surface area (Å²) in [6.07, 6.45) is 2.39. The fourth-order valence-electron chi connectivity index (χ4n) is 1.53. The lowest BCUT2D eigenvalue weighted by Crippen LogP contribution is -2.30. The van der Waals surface area contributed by atoms with E-state index in [4.69, 9.17) is 10.5 Å². The highest BCUT2D eigenvalue weighted by Gasteiger charge is 2.13. The van der Waals surface area contributed by atoms with Crippen molar-refractivity contribution in [3.05, 3.63) is 0 Å². The molecule has 0 aromatic heterocycles. The number of hydrogen-bond donors (Lipinski definition) is 2. The van der Waals surface area contributed by atoms with E-state index in [-0.39, 0.29) is 12.0 Å². The monoisotopic (exact) mass is 230 g/mol. The minimum absolute atomic E-state index is 0.0875. The number of hydrogen-bond acceptors (Lipinski definition) is 3. The first kappa shape index (κ1) is 15.4. The van der Waals surface area contributed by atoms with Crippen LogP contribution in [0.25, 0.3) is 0 Å². The third-order valence-electron chi connectivity index (χ3n) is 2.48. The summed E-state index contributed by atoms with van der Waals surface area (Å²) < 4.78 is 5.60. The molecule has 0 aromatic carbocycles. The van der Waals surface area contributed by atoms with Gasteiger partial charge >= 0.3 is 0 Å². The zero-order chi connectivity index (χ0) is 12.4. The van der Waals surface area contributed by atoms with Crippen LogP contribution in [0.5, 0.6) is 0 Å². The number of amides is 1. The van der Waals surface area contributed by atoms with Crippen LogP contribution in [0.3, 0.4) is 0 Å². The highest BCUT2D eigenvalue weighted by Crippen LogP contribution is 2.09. The lowest BCUT2D eigenvalue weighted by molar-refractivity contribution is -0.121. The van der Waals surface area contributed by atoms with Gasteiger partial charge in [0.1, 0.15) is 0 Å². The van der Waals surface area contributed by atoms with Crippen molar-refractivity contribution in [3.8, 4) is 0 Å². The predicted molar refractivity (Wildman–Crippen MR) is 66.2 cm³/mol. The largest absolute Gasteiger partial charge is 0.378 e. The molecule has 1 atom stereocenters. The minimum atomic E-state index is 0.0875. The average Bonchev–Trinajstić information content (AvgIpc) is 2.25. The molecule has 0 aliphatic heterocycles. The van der Waals surface area contributed by atoms with Gasteiger partial charge < -0.3 is 15.8 Å². The highest BCUT2D eigenvalue weighted by atomic mass is 16.5. The Balaban J connectivity index is 3.64. The van der Waals surface area contributed by atoms with Crippen molar-refractivity contribution < 1.29 is 9.53 Å². The Morgan fingerprint density at radius 2 is 2.12 bits per heavy atom. The molecule has 16 heavy (non-hydrogen) atoms. The number of nitrogens with two attached hydrogens (primary N) is 1. The molecule has 0 rings (SSSR count). The van der Waals surface area contributed by atoms with Crippen molar-refractivity contribution in [2.24, 2.45) is 11.7 Å². The van der Waals surface area contributed by atoms with Crippen molar-refractivity contribution in [1.82, 2.24) is 5.32 Å². The van der Waals surface area contributed by atoms with E-state index in [1.54, 1.807) is 0 Å². The van der Waals surface area contributed by atoms with Gasteiger partial charge in [0.2, 0.25) is 5.91 Å². The van der Waals surface area contributed by atoms with Gasteiger partial charge in [-0.25, -0.2) is 0 Å². The van der Waals surface area contributed by atoms with E-state index in [1.165, 1.54) is 0 Å². The summed E-state index contributed by atoms with van der Waals surface area (Å²) in [4.78, 5) is 11.3. The van der Waals surface area contributed by atoms with E-state index >= 15 is 0 Å². The van der Waals surface area contributed by atoms with Crippen molar-refractivity contribution in [3.63, 3.8) is 0 Å². The van der Waals surface area contributed by atoms with Crippen LogP contribution in [0.4, 0.5) is 0 Å². The molecule has 1 amide bonds. The average molecular weight is 230 g/mol. The molecule has 0 saturated carbocycles. The third kappa shape index (κ3) is 7.65. The molecule has 0 heterocycles. The molecule has 0 bridgehead atoms.